The maximum Gasteiger partial charge on any atom is 0.192 e. The first-order valence-electron chi connectivity index (χ1n) is 7.83. The first kappa shape index (κ1) is 25.9. The Kier molecular flexibility index (Phi) is 8.25. The Bertz CT molecular complexity index is 936. The molecule has 0 fully saturated rings. The van der Waals surface area contributed by atoms with Gasteiger partial charge in [0, 0.05) is 37.8 Å². The molecular weight excluding hydrogens is 532 g/mol. The van der Waals surface area contributed by atoms with Crippen molar-refractivity contribution in [1.82, 2.24) is 0 Å². The van der Waals surface area contributed by atoms with E-state index in [2.05, 4.69) is 0 Å². The Morgan fingerprint density at radius 2 is 1.50 bits per heavy atom. The maximum atomic E-state index is 12.7. The van der Waals surface area contributed by atoms with Gasteiger partial charge in [0.1, 0.15) is 5.60 Å². The molecule has 2 aromatic carbocycles. The number of benzene rings is 2. The van der Waals surface area contributed by atoms with Crippen LogP contribution in [0, 0.1) is 6.42 Å². The molecule has 0 aliphatic heterocycles. The Morgan fingerprint density at radius 3 is 2.00 bits per heavy atom. The summed E-state index contributed by atoms with van der Waals surface area (Å²) >= 11 is 0. The summed E-state index contributed by atoms with van der Waals surface area (Å²) < 4.78 is 0. The second kappa shape index (κ2) is 8.93. The van der Waals surface area contributed by atoms with E-state index in [0.29, 0.717) is 22.3 Å². The second-order valence-electron chi connectivity index (χ2n) is 6.47. The van der Waals surface area contributed by atoms with Crippen molar-refractivity contribution in [3.63, 3.8) is 0 Å². The molecule has 0 spiro atoms. The van der Waals surface area contributed by atoms with Crippen LogP contribution in [0.5, 0.6) is 0 Å². The van der Waals surface area contributed by atoms with Crippen LogP contribution in [0.15, 0.2) is 36.4 Å². The third-order valence-corrected chi connectivity index (χ3v) is 4.98. The molecule has 0 aromatic heterocycles. The van der Waals surface area contributed by atoms with Crippen molar-refractivity contribution in [2.24, 2.45) is 0 Å². The zero-order valence-electron chi connectivity index (χ0n) is 14.5. The molecule has 150 valence electrons. The van der Waals surface area contributed by atoms with Gasteiger partial charge in [-0.3, -0.25) is 14.4 Å². The van der Waals surface area contributed by atoms with Gasteiger partial charge in [0.2, 0.25) is 0 Å². The minimum Gasteiger partial charge on any atom is -0.412 e. The number of ketones is 3. The van der Waals surface area contributed by atoms with Gasteiger partial charge in [-0.25, -0.2) is 0 Å². The number of hydrogen-bond acceptors (Lipinski definition) is 4. The predicted molar refractivity (Wildman–Crippen MR) is 101 cm³/mol. The van der Waals surface area contributed by atoms with E-state index in [-0.39, 0.29) is 69.6 Å². The van der Waals surface area contributed by atoms with Crippen molar-refractivity contribution in [2.75, 3.05) is 0 Å². The fourth-order valence-corrected chi connectivity index (χ4v) is 3.48. The molecule has 0 radical (unpaired) electrons. The van der Waals surface area contributed by atoms with Crippen molar-refractivity contribution in [1.29, 1.82) is 0 Å². The van der Waals surface area contributed by atoms with Gasteiger partial charge >= 0.3 is 0 Å². The van der Waals surface area contributed by atoms with E-state index in [0.717, 1.165) is 11.1 Å². The molecule has 28 heavy (non-hydrogen) atoms. The predicted octanol–water partition coefficient (Wildman–Crippen LogP) is 1.26. The van der Waals surface area contributed by atoms with Gasteiger partial charge in [0.05, 0.1) is 0 Å². The molecule has 0 saturated carbocycles. The quantitative estimate of drug-likeness (QED) is 0.453. The normalized spacial score (nSPS) is 18.4. The van der Waals surface area contributed by atoms with Crippen molar-refractivity contribution in [3.8, 4) is 0 Å². The van der Waals surface area contributed by atoms with E-state index in [1.165, 1.54) is 6.92 Å². The summed E-state index contributed by atoms with van der Waals surface area (Å²) in [6, 6.07) is 10.2. The monoisotopic (exact) mass is 555 g/mol. The molecule has 2 aromatic rings. The van der Waals surface area contributed by atoms with Gasteiger partial charge in [-0.05, 0) is 25.3 Å². The van der Waals surface area contributed by atoms with Crippen molar-refractivity contribution in [3.05, 3.63) is 76.2 Å². The van der Waals surface area contributed by atoms with Crippen LogP contribution in [-0.4, -0.2) is 39.0 Å². The molecule has 5 N–H and O–H groups in total. The minimum atomic E-state index is -1.43. The maximum absolute atomic E-state index is 12.7. The van der Waals surface area contributed by atoms with Gasteiger partial charge in [0.25, 0.3) is 0 Å². The molecule has 7 heteroatoms. The summed E-state index contributed by atoms with van der Waals surface area (Å²) in [6.45, 7) is 1.36. The number of aliphatic hydroxyl groups is 1. The topological polar surface area (TPSA) is 134 Å². The Hall–Kier alpha value is -2.11. The number of Topliss-reactive ketones (excluding diaryl/α,β-unsaturated/α-hetero) is 1. The number of carbonyl (C=O) groups is 3. The van der Waals surface area contributed by atoms with Crippen molar-refractivity contribution in [2.45, 2.75) is 32.8 Å². The molecule has 4 rings (SSSR count). The molecule has 2 aliphatic rings. The molecule has 2 aliphatic carbocycles. The molecular formula is C21H23O6W-. The average Bonchev–Trinajstić information content (AvgIpc) is 2.58. The molecule has 0 heterocycles. The van der Waals surface area contributed by atoms with E-state index < -0.39 is 5.60 Å². The smallest absolute Gasteiger partial charge is 0.192 e. The van der Waals surface area contributed by atoms with Gasteiger partial charge in [-0.1, -0.05) is 31.7 Å². The van der Waals surface area contributed by atoms with Gasteiger partial charge in [-0.2, -0.15) is 18.1 Å². The van der Waals surface area contributed by atoms with Gasteiger partial charge in [-0.15, -0.1) is 11.6 Å². The summed E-state index contributed by atoms with van der Waals surface area (Å²) in [5, 5.41) is 10.4. The van der Waals surface area contributed by atoms with E-state index in [4.69, 9.17) is 0 Å². The van der Waals surface area contributed by atoms with Crippen LogP contribution in [0.4, 0.5) is 0 Å². The number of carbonyl (C=O) groups excluding carboxylic acids is 3. The van der Waals surface area contributed by atoms with Crippen LogP contribution in [0.2, 0.25) is 0 Å². The SMILES string of the molecule is C.CC(=O)C1(O)C[CH-]c2cc3c(cc2C1)C(=O)c1ccccc1C3=O.O.O.[W]. The fraction of sp³-hybridized carbons (Fsp3) is 0.238. The Labute approximate surface area is 177 Å². The van der Waals surface area contributed by atoms with Gasteiger partial charge < -0.3 is 16.1 Å². The van der Waals surface area contributed by atoms with Crippen molar-refractivity contribution >= 4 is 17.3 Å². The van der Waals surface area contributed by atoms with Crippen LogP contribution >= 0.6 is 0 Å². The van der Waals surface area contributed by atoms with Crippen LogP contribution in [-0.2, 0) is 32.3 Å². The Balaban J connectivity index is 0.00000182. The van der Waals surface area contributed by atoms with E-state index in [1.807, 2.05) is 0 Å². The summed E-state index contributed by atoms with van der Waals surface area (Å²) in [4.78, 5) is 37.2. The molecule has 6 nitrogen and oxygen atoms in total. The third kappa shape index (κ3) is 3.73. The fourth-order valence-electron chi connectivity index (χ4n) is 3.48. The van der Waals surface area contributed by atoms with E-state index in [1.54, 1.807) is 42.8 Å². The first-order valence-corrected chi connectivity index (χ1v) is 7.83. The van der Waals surface area contributed by atoms with E-state index in [9.17, 15) is 19.5 Å². The summed E-state index contributed by atoms with van der Waals surface area (Å²) in [7, 11) is 0. The van der Waals surface area contributed by atoms with Crippen LogP contribution in [0.1, 0.15) is 63.7 Å². The molecule has 0 amide bonds. The average molecular weight is 555 g/mol. The largest absolute Gasteiger partial charge is 0.412 e. The van der Waals surface area contributed by atoms with Crippen LogP contribution < -0.4 is 0 Å². The third-order valence-electron chi connectivity index (χ3n) is 4.98. The zero-order chi connectivity index (χ0) is 17.1. The number of hydrogen-bond donors (Lipinski definition) is 1. The first-order chi connectivity index (χ1) is 11.4. The molecule has 1 atom stereocenters. The van der Waals surface area contributed by atoms with Crippen molar-refractivity contribution < 1.29 is 51.5 Å². The van der Waals surface area contributed by atoms with Gasteiger partial charge in [0.15, 0.2) is 17.3 Å². The second-order valence-corrected chi connectivity index (χ2v) is 6.47. The number of rotatable bonds is 1. The van der Waals surface area contributed by atoms with Crippen LogP contribution in [0.3, 0.4) is 0 Å². The van der Waals surface area contributed by atoms with E-state index >= 15 is 0 Å². The summed E-state index contributed by atoms with van der Waals surface area (Å²) in [5.41, 5.74) is 1.66. The summed E-state index contributed by atoms with van der Waals surface area (Å²) in [6.07, 6.45) is 2.14. The van der Waals surface area contributed by atoms with Crippen LogP contribution in [0.25, 0.3) is 0 Å². The number of fused-ring (bicyclic) bond motifs is 3. The zero-order valence-corrected chi connectivity index (χ0v) is 17.5. The summed E-state index contributed by atoms with van der Waals surface area (Å²) in [5.74, 6) is -0.654. The minimum absolute atomic E-state index is 0. The molecule has 0 saturated heterocycles. The molecule has 1 unspecified atom stereocenters. The Morgan fingerprint density at radius 1 is 1.00 bits per heavy atom. The molecule has 0 bridgehead atoms. The standard InChI is InChI=1S/C20H15O4.CH4.2H2O.W/c1-11(21)20(24)7-6-12-8-16-17(9-13(12)10-20)19(23)15-5-3-2-4-14(15)18(16)22;;;;/h2-6,8-9,24H,7,10H2,1H3;1H4;2*1H2;/q-1;;;;.